The third kappa shape index (κ3) is 5.40. The monoisotopic (exact) mass is 532 g/mol. The molecule has 3 aromatic carbocycles. The van der Waals surface area contributed by atoms with E-state index in [4.69, 9.17) is 0 Å². The van der Waals surface area contributed by atoms with E-state index in [0.717, 1.165) is 22.4 Å². The summed E-state index contributed by atoms with van der Waals surface area (Å²) in [5.74, 6) is -0.0215. The van der Waals surface area contributed by atoms with Gasteiger partial charge in [0.15, 0.2) is 0 Å². The van der Waals surface area contributed by atoms with Crippen LogP contribution in [0.1, 0.15) is 38.2 Å². The normalized spacial score (nSPS) is 16.0. The van der Waals surface area contributed by atoms with E-state index >= 15 is 0 Å². The molecule has 0 unspecified atom stereocenters. The van der Waals surface area contributed by atoms with Crippen LogP contribution in [0.4, 0.5) is 11.4 Å². The van der Waals surface area contributed by atoms with E-state index in [1.807, 2.05) is 61.2 Å². The summed E-state index contributed by atoms with van der Waals surface area (Å²) in [5.41, 5.74) is 6.48. The predicted molar refractivity (Wildman–Crippen MR) is 154 cm³/mol. The molecule has 2 aliphatic heterocycles. The van der Waals surface area contributed by atoms with Gasteiger partial charge in [-0.1, -0.05) is 30.3 Å². The van der Waals surface area contributed by atoms with Crippen LogP contribution in [0.5, 0.6) is 0 Å². The van der Waals surface area contributed by atoms with Gasteiger partial charge in [0.05, 0.1) is 29.0 Å². The van der Waals surface area contributed by atoms with Crippen LogP contribution in [0.2, 0.25) is 0 Å². The van der Waals surface area contributed by atoms with Gasteiger partial charge in [-0.25, -0.2) is 0 Å². The van der Waals surface area contributed by atoms with Crippen molar-refractivity contribution in [1.29, 1.82) is 10.5 Å². The summed E-state index contributed by atoms with van der Waals surface area (Å²) >= 11 is 0. The van der Waals surface area contributed by atoms with Gasteiger partial charge in [0, 0.05) is 51.4 Å². The molecule has 0 N–H and O–H groups in total. The number of piperazine rings is 2. The number of carbonyl (C=O) groups excluding carboxylic acids is 2. The Hall–Kier alpha value is -4.66. The number of para-hydroxylation sites is 2. The molecule has 0 spiro atoms. The number of nitrogens with zero attached hydrogens (tertiary/aromatic N) is 6. The molecule has 2 amide bonds. The van der Waals surface area contributed by atoms with Crippen molar-refractivity contribution in [3.63, 3.8) is 0 Å². The molecule has 2 fully saturated rings. The minimum Gasteiger partial charge on any atom is -0.367 e. The molecule has 2 aliphatic rings. The molecule has 0 aliphatic carbocycles. The van der Waals surface area contributed by atoms with Crippen LogP contribution in [0.15, 0.2) is 60.7 Å². The Bertz CT molecular complexity index is 1530. The second kappa shape index (κ2) is 11.6. The van der Waals surface area contributed by atoms with Crippen LogP contribution in [0.25, 0.3) is 0 Å². The molecule has 0 radical (unpaired) electrons. The lowest BCUT2D eigenvalue weighted by atomic mass is 9.98. The highest BCUT2D eigenvalue weighted by Crippen LogP contribution is 2.25. The summed E-state index contributed by atoms with van der Waals surface area (Å²) in [6, 6.07) is 23.3. The summed E-state index contributed by atoms with van der Waals surface area (Å²) in [5, 5.41) is 18.9. The van der Waals surface area contributed by atoms with Gasteiger partial charge in [-0.2, -0.15) is 10.5 Å². The second-order valence-corrected chi connectivity index (χ2v) is 10.4. The van der Waals surface area contributed by atoms with Crippen molar-refractivity contribution in [1.82, 2.24) is 9.80 Å². The lowest BCUT2D eigenvalue weighted by molar-refractivity contribution is -0.121. The Labute approximate surface area is 235 Å². The lowest BCUT2D eigenvalue weighted by Gasteiger charge is -2.37. The van der Waals surface area contributed by atoms with Crippen LogP contribution in [-0.2, 0) is 11.3 Å². The van der Waals surface area contributed by atoms with Crippen molar-refractivity contribution in [3.8, 4) is 12.1 Å². The molecule has 0 aromatic heterocycles. The smallest absolute Gasteiger partial charge is 0.254 e. The number of amides is 2. The Kier molecular flexibility index (Phi) is 7.82. The minimum atomic E-state index is -0.0362. The highest BCUT2D eigenvalue weighted by molar-refractivity contribution is 5.97. The van der Waals surface area contributed by atoms with E-state index in [1.54, 1.807) is 17.0 Å². The van der Waals surface area contributed by atoms with E-state index in [9.17, 15) is 20.1 Å². The molecule has 2 heterocycles. The summed E-state index contributed by atoms with van der Waals surface area (Å²) in [7, 11) is 0. The van der Waals surface area contributed by atoms with Crippen LogP contribution in [0.3, 0.4) is 0 Å². The van der Waals surface area contributed by atoms with E-state index in [2.05, 4.69) is 28.0 Å². The van der Waals surface area contributed by atoms with Gasteiger partial charge in [0.2, 0.25) is 5.91 Å². The van der Waals surface area contributed by atoms with Crippen molar-refractivity contribution < 1.29 is 9.59 Å². The van der Waals surface area contributed by atoms with E-state index in [0.29, 0.717) is 68.2 Å². The fourth-order valence-electron chi connectivity index (χ4n) is 5.62. The van der Waals surface area contributed by atoms with Crippen molar-refractivity contribution in [2.75, 3.05) is 55.6 Å². The molecule has 8 heteroatoms. The SMILES string of the molecule is Cc1cc(C)c(C(=O)N2CCN(c3ccccc3C#N)CC2)cc1CN1CCN(c2ccccc2C#N)C(=O)C1. The van der Waals surface area contributed by atoms with Gasteiger partial charge < -0.3 is 14.7 Å². The third-order valence-electron chi connectivity index (χ3n) is 7.85. The number of benzene rings is 3. The highest BCUT2D eigenvalue weighted by atomic mass is 16.2. The molecule has 2 saturated heterocycles. The van der Waals surface area contributed by atoms with E-state index < -0.39 is 0 Å². The van der Waals surface area contributed by atoms with Crippen molar-refractivity contribution in [3.05, 3.63) is 94.0 Å². The van der Waals surface area contributed by atoms with Gasteiger partial charge in [0.25, 0.3) is 5.91 Å². The maximum absolute atomic E-state index is 13.6. The Morgan fingerprint density at radius 1 is 0.800 bits per heavy atom. The first-order valence-corrected chi connectivity index (χ1v) is 13.5. The Balaban J connectivity index is 1.25. The highest BCUT2D eigenvalue weighted by Gasteiger charge is 2.28. The summed E-state index contributed by atoms with van der Waals surface area (Å²) in [4.78, 5) is 34.5. The fourth-order valence-corrected chi connectivity index (χ4v) is 5.62. The molecule has 0 bridgehead atoms. The molecule has 40 heavy (non-hydrogen) atoms. The topological polar surface area (TPSA) is 94.7 Å². The average molecular weight is 533 g/mol. The molecule has 0 atom stereocenters. The standard InChI is InChI=1S/C32H32N6O2/c1-23-17-24(2)28(32(40)37-14-12-36(13-15-37)29-9-5-3-7-25(29)19-33)18-27(23)21-35-11-16-38(31(39)22-35)30-10-6-4-8-26(30)20-34/h3-10,17-18H,11-16,21-22H2,1-2H3. The molecular weight excluding hydrogens is 500 g/mol. The Morgan fingerprint density at radius 3 is 2.08 bits per heavy atom. The number of hydrogen-bond donors (Lipinski definition) is 0. The van der Waals surface area contributed by atoms with Gasteiger partial charge in [-0.3, -0.25) is 14.5 Å². The van der Waals surface area contributed by atoms with Gasteiger partial charge >= 0.3 is 0 Å². The first kappa shape index (κ1) is 26.9. The molecule has 8 nitrogen and oxygen atoms in total. The second-order valence-electron chi connectivity index (χ2n) is 10.4. The maximum Gasteiger partial charge on any atom is 0.254 e. The van der Waals surface area contributed by atoms with Crippen molar-refractivity contribution >= 4 is 23.2 Å². The third-order valence-corrected chi connectivity index (χ3v) is 7.85. The van der Waals surface area contributed by atoms with Gasteiger partial charge in [-0.05, 0) is 60.9 Å². The van der Waals surface area contributed by atoms with E-state index in [1.165, 1.54) is 0 Å². The molecule has 0 saturated carbocycles. The molecule has 3 aromatic rings. The lowest BCUT2D eigenvalue weighted by Crippen LogP contribution is -2.50. The number of rotatable bonds is 5. The van der Waals surface area contributed by atoms with Gasteiger partial charge in [0.1, 0.15) is 12.1 Å². The first-order chi connectivity index (χ1) is 19.4. The van der Waals surface area contributed by atoms with Crippen LogP contribution < -0.4 is 9.80 Å². The number of aryl methyl sites for hydroxylation is 2. The molecular formula is C32H32N6O2. The zero-order chi connectivity index (χ0) is 28.2. The zero-order valence-corrected chi connectivity index (χ0v) is 22.9. The largest absolute Gasteiger partial charge is 0.367 e. The first-order valence-electron chi connectivity index (χ1n) is 13.5. The number of hydrogen-bond acceptors (Lipinski definition) is 6. The number of anilines is 2. The van der Waals surface area contributed by atoms with Crippen LogP contribution >= 0.6 is 0 Å². The zero-order valence-electron chi connectivity index (χ0n) is 22.9. The summed E-state index contributed by atoms with van der Waals surface area (Å²) in [6.07, 6.45) is 0. The molecule has 202 valence electrons. The number of carbonyl (C=O) groups is 2. The number of nitriles is 2. The predicted octanol–water partition coefficient (Wildman–Crippen LogP) is 3.86. The maximum atomic E-state index is 13.6. The van der Waals surface area contributed by atoms with Crippen molar-refractivity contribution in [2.24, 2.45) is 0 Å². The molecule has 5 rings (SSSR count). The van der Waals surface area contributed by atoms with Crippen LogP contribution in [0, 0.1) is 36.5 Å². The van der Waals surface area contributed by atoms with Crippen LogP contribution in [-0.4, -0.2) is 67.4 Å². The van der Waals surface area contributed by atoms with E-state index in [-0.39, 0.29) is 18.4 Å². The minimum absolute atomic E-state index is 0.0148. The average Bonchev–Trinajstić information content (AvgIpc) is 2.98. The fraction of sp³-hybridized carbons (Fsp3) is 0.312. The van der Waals surface area contributed by atoms with Crippen molar-refractivity contribution in [2.45, 2.75) is 20.4 Å². The summed E-state index contributed by atoms with van der Waals surface area (Å²) in [6.45, 7) is 8.53. The Morgan fingerprint density at radius 2 is 1.43 bits per heavy atom. The van der Waals surface area contributed by atoms with Gasteiger partial charge in [-0.15, -0.1) is 0 Å². The quantitative estimate of drug-likeness (QED) is 0.495. The summed E-state index contributed by atoms with van der Waals surface area (Å²) < 4.78 is 0.